The van der Waals surface area contributed by atoms with E-state index in [0.29, 0.717) is 12.7 Å². The number of carboxylic acids is 1. The molecule has 0 radical (unpaired) electrons. The summed E-state index contributed by atoms with van der Waals surface area (Å²) in [5, 5.41) is 13.8. The van der Waals surface area contributed by atoms with Crippen LogP contribution in [0.4, 0.5) is 5.69 Å². The number of anilines is 1. The first kappa shape index (κ1) is 28.1. The molecule has 0 spiro atoms. The van der Waals surface area contributed by atoms with Gasteiger partial charge in [0, 0.05) is 18.4 Å². The Balaban J connectivity index is 2.22. The normalized spacial score (nSPS) is 17.3. The molecule has 0 unspecified atom stereocenters. The van der Waals surface area contributed by atoms with Gasteiger partial charge < -0.3 is 31.2 Å². The zero-order valence-electron chi connectivity index (χ0n) is 18.9. The number of nitrogen functional groups attached to an aromatic ring is 1. The van der Waals surface area contributed by atoms with Crippen molar-refractivity contribution in [2.24, 2.45) is 0 Å². The van der Waals surface area contributed by atoms with Crippen molar-refractivity contribution in [3.05, 3.63) is 28.8 Å². The molecule has 14 heteroatoms. The van der Waals surface area contributed by atoms with Crippen molar-refractivity contribution in [3.8, 4) is 0 Å². The van der Waals surface area contributed by atoms with E-state index in [9.17, 15) is 32.4 Å². The van der Waals surface area contributed by atoms with Crippen LogP contribution in [0.5, 0.6) is 0 Å². The van der Waals surface area contributed by atoms with Gasteiger partial charge in [0.25, 0.3) is 5.91 Å². The van der Waals surface area contributed by atoms with Gasteiger partial charge in [-0.1, -0.05) is 11.6 Å². The predicted octanol–water partition coefficient (Wildman–Crippen LogP) is -0.395. The standard InChI is InChI=1S/C21H27ClN4O8S/c1-35(33,34)8-6-16(25-19(30)12-4-5-15(23)14(22)9-12)21(32)26-7-2-3-17(26)20(31)24-13(11-27)10-18(28)29/h4-5,9,11,13,16-17H,2-3,6-8,10,23H2,1H3,(H,24,31)(H,25,30)(H,28,29)/t13-,16-,17-/m0/s1. The number of carboxylic acid groups (broad SMARTS) is 1. The number of aldehydes is 1. The summed E-state index contributed by atoms with van der Waals surface area (Å²) in [5.74, 6) is -3.77. The Morgan fingerprint density at radius 2 is 1.97 bits per heavy atom. The topological polar surface area (TPSA) is 193 Å². The maximum absolute atomic E-state index is 13.3. The molecule has 192 valence electrons. The van der Waals surface area contributed by atoms with Crippen LogP contribution in [0.3, 0.4) is 0 Å². The highest BCUT2D eigenvalue weighted by Gasteiger charge is 2.38. The predicted molar refractivity (Wildman–Crippen MR) is 126 cm³/mol. The Morgan fingerprint density at radius 1 is 1.29 bits per heavy atom. The lowest BCUT2D eigenvalue weighted by Crippen LogP contribution is -2.55. The number of amides is 3. The van der Waals surface area contributed by atoms with E-state index in [0.717, 1.165) is 6.26 Å². The van der Waals surface area contributed by atoms with Gasteiger partial charge in [0.2, 0.25) is 11.8 Å². The van der Waals surface area contributed by atoms with Gasteiger partial charge in [-0.3, -0.25) is 19.2 Å². The lowest BCUT2D eigenvalue weighted by molar-refractivity contribution is -0.142. The minimum Gasteiger partial charge on any atom is -0.481 e. The maximum Gasteiger partial charge on any atom is 0.305 e. The molecule has 1 aliphatic heterocycles. The monoisotopic (exact) mass is 530 g/mol. The molecule has 0 saturated carbocycles. The van der Waals surface area contributed by atoms with Crippen molar-refractivity contribution in [2.75, 3.05) is 24.3 Å². The number of rotatable bonds is 11. The van der Waals surface area contributed by atoms with Crippen molar-refractivity contribution >= 4 is 57.1 Å². The second kappa shape index (κ2) is 12.0. The largest absolute Gasteiger partial charge is 0.481 e. The number of carbonyl (C=O) groups is 5. The Hall–Kier alpha value is -3.19. The summed E-state index contributed by atoms with van der Waals surface area (Å²) in [4.78, 5) is 62.0. The third-order valence-electron chi connectivity index (χ3n) is 5.37. The number of nitrogens with one attached hydrogen (secondary N) is 2. The lowest BCUT2D eigenvalue weighted by atomic mass is 10.1. The third kappa shape index (κ3) is 8.21. The minimum absolute atomic E-state index is 0.0968. The number of sulfone groups is 1. The highest BCUT2D eigenvalue weighted by molar-refractivity contribution is 7.90. The summed E-state index contributed by atoms with van der Waals surface area (Å²) in [6, 6.07) is 0.548. The molecule has 35 heavy (non-hydrogen) atoms. The van der Waals surface area contributed by atoms with E-state index < -0.39 is 63.8 Å². The van der Waals surface area contributed by atoms with Crippen LogP contribution >= 0.6 is 11.6 Å². The van der Waals surface area contributed by atoms with Crippen LogP contribution in [-0.4, -0.2) is 85.1 Å². The average molecular weight is 531 g/mol. The van der Waals surface area contributed by atoms with Gasteiger partial charge in [0.15, 0.2) is 0 Å². The Labute approximate surface area is 207 Å². The lowest BCUT2D eigenvalue weighted by Gasteiger charge is -2.29. The number of hydrogen-bond acceptors (Lipinski definition) is 8. The summed E-state index contributed by atoms with van der Waals surface area (Å²) < 4.78 is 23.4. The number of nitrogens with two attached hydrogens (primary N) is 1. The van der Waals surface area contributed by atoms with Crippen molar-refractivity contribution < 1.29 is 37.5 Å². The Bertz CT molecular complexity index is 1110. The number of benzene rings is 1. The fourth-order valence-electron chi connectivity index (χ4n) is 3.60. The van der Waals surface area contributed by atoms with Crippen molar-refractivity contribution in [2.45, 2.75) is 43.8 Å². The smallest absolute Gasteiger partial charge is 0.305 e. The van der Waals surface area contributed by atoms with Crippen molar-refractivity contribution in [1.29, 1.82) is 0 Å². The molecule has 1 saturated heterocycles. The average Bonchev–Trinajstić information content (AvgIpc) is 3.26. The SMILES string of the molecule is CS(=O)(=O)CC[C@H](NC(=O)c1ccc(N)c(Cl)c1)C(=O)N1CCC[C@H]1C(=O)N[C@H](C=O)CC(=O)O. The highest BCUT2D eigenvalue weighted by Crippen LogP contribution is 2.22. The van der Waals surface area contributed by atoms with Crippen LogP contribution in [0, 0.1) is 0 Å². The quantitative estimate of drug-likeness (QED) is 0.217. The number of halogens is 1. The summed E-state index contributed by atoms with van der Waals surface area (Å²) in [6.07, 6.45) is 1.11. The van der Waals surface area contributed by atoms with Gasteiger partial charge >= 0.3 is 5.97 Å². The molecule has 1 aliphatic rings. The maximum atomic E-state index is 13.3. The highest BCUT2D eigenvalue weighted by atomic mass is 35.5. The van der Waals surface area contributed by atoms with E-state index in [1.807, 2.05) is 0 Å². The zero-order chi connectivity index (χ0) is 26.3. The minimum atomic E-state index is -3.48. The van der Waals surface area contributed by atoms with Crippen molar-refractivity contribution in [1.82, 2.24) is 15.5 Å². The van der Waals surface area contributed by atoms with Gasteiger partial charge in [0.1, 0.15) is 28.2 Å². The summed E-state index contributed by atoms with van der Waals surface area (Å²) in [7, 11) is -3.48. The van der Waals surface area contributed by atoms with Crippen LogP contribution in [-0.2, 0) is 29.0 Å². The fraction of sp³-hybridized carbons (Fsp3) is 0.476. The second-order valence-electron chi connectivity index (χ2n) is 8.22. The van der Waals surface area contributed by atoms with Gasteiger partial charge in [-0.25, -0.2) is 8.42 Å². The molecule has 0 aromatic heterocycles. The third-order valence-corrected chi connectivity index (χ3v) is 6.67. The van der Waals surface area contributed by atoms with Crippen molar-refractivity contribution in [3.63, 3.8) is 0 Å². The first-order valence-corrected chi connectivity index (χ1v) is 13.1. The molecule has 0 bridgehead atoms. The fourth-order valence-corrected chi connectivity index (χ4v) is 4.45. The number of likely N-dealkylation sites (tertiary alicyclic amines) is 1. The molecule has 1 aromatic carbocycles. The Kier molecular flexibility index (Phi) is 9.60. The number of carbonyl (C=O) groups excluding carboxylic acids is 4. The van der Waals surface area contributed by atoms with Crippen LogP contribution in [0.15, 0.2) is 18.2 Å². The van der Waals surface area contributed by atoms with E-state index in [-0.39, 0.29) is 35.7 Å². The van der Waals surface area contributed by atoms with Crippen LogP contribution < -0.4 is 16.4 Å². The molecule has 2 rings (SSSR count). The molecule has 3 atom stereocenters. The number of aliphatic carboxylic acids is 1. The number of hydrogen-bond donors (Lipinski definition) is 4. The molecule has 5 N–H and O–H groups in total. The van der Waals surface area contributed by atoms with E-state index in [1.54, 1.807) is 0 Å². The second-order valence-corrected chi connectivity index (χ2v) is 10.9. The van der Waals surface area contributed by atoms with E-state index in [4.69, 9.17) is 22.4 Å². The van der Waals surface area contributed by atoms with E-state index in [2.05, 4.69) is 10.6 Å². The first-order valence-electron chi connectivity index (χ1n) is 10.6. The van der Waals surface area contributed by atoms with Gasteiger partial charge in [-0.2, -0.15) is 0 Å². The van der Waals surface area contributed by atoms with Crippen LogP contribution in [0.2, 0.25) is 5.02 Å². The summed E-state index contributed by atoms with van der Waals surface area (Å²) in [5.41, 5.74) is 5.99. The summed E-state index contributed by atoms with van der Waals surface area (Å²) >= 11 is 5.96. The van der Waals surface area contributed by atoms with E-state index in [1.165, 1.54) is 23.1 Å². The molecule has 1 heterocycles. The van der Waals surface area contributed by atoms with Gasteiger partial charge in [0.05, 0.1) is 28.9 Å². The molecular weight excluding hydrogens is 504 g/mol. The van der Waals surface area contributed by atoms with Gasteiger partial charge in [-0.05, 0) is 37.5 Å². The zero-order valence-corrected chi connectivity index (χ0v) is 20.5. The molecule has 1 fully saturated rings. The van der Waals surface area contributed by atoms with E-state index >= 15 is 0 Å². The Morgan fingerprint density at radius 3 is 2.54 bits per heavy atom. The molecule has 3 amide bonds. The number of nitrogens with zero attached hydrogens (tertiary/aromatic N) is 1. The van der Waals surface area contributed by atoms with Gasteiger partial charge in [-0.15, -0.1) is 0 Å². The first-order chi connectivity index (χ1) is 16.3. The summed E-state index contributed by atoms with van der Waals surface area (Å²) in [6.45, 7) is 0.153. The molecule has 12 nitrogen and oxygen atoms in total. The molecule has 1 aromatic rings. The van der Waals surface area contributed by atoms with Crippen LogP contribution in [0.25, 0.3) is 0 Å². The molecular formula is C21H27ClN4O8S. The molecule has 0 aliphatic carbocycles. The van der Waals surface area contributed by atoms with Crippen LogP contribution in [0.1, 0.15) is 36.0 Å².